The molecule has 0 saturated heterocycles. The predicted octanol–water partition coefficient (Wildman–Crippen LogP) is 4.26. The van der Waals surface area contributed by atoms with Crippen LogP contribution in [0, 0.1) is 20.8 Å². The summed E-state index contributed by atoms with van der Waals surface area (Å²) in [6, 6.07) is 11.4. The Hall–Kier alpha value is -3.10. The molecule has 1 N–H and O–H groups in total. The fourth-order valence-electron chi connectivity index (χ4n) is 3.19. The van der Waals surface area contributed by atoms with Crippen LogP contribution in [0.15, 0.2) is 63.5 Å². The molecular weight excluding hydrogens is 434 g/mol. The Kier molecular flexibility index (Phi) is 5.84. The Labute approximate surface area is 188 Å². The summed E-state index contributed by atoms with van der Waals surface area (Å²) in [5.74, 6) is -0.368. The molecule has 0 fully saturated rings. The van der Waals surface area contributed by atoms with Crippen molar-refractivity contribution in [1.82, 2.24) is 19.2 Å². The van der Waals surface area contributed by atoms with Gasteiger partial charge in [0.15, 0.2) is 5.65 Å². The monoisotopic (exact) mass is 453 g/mol. The zero-order valence-corrected chi connectivity index (χ0v) is 18.8. The minimum atomic E-state index is -0.405. The zero-order chi connectivity index (χ0) is 22.1. The molecule has 0 saturated carbocycles. The molecule has 0 radical (unpaired) electrons. The summed E-state index contributed by atoms with van der Waals surface area (Å²) in [7, 11) is 0. The van der Waals surface area contributed by atoms with Gasteiger partial charge in [0.2, 0.25) is 5.91 Å². The molecule has 0 aliphatic carbocycles. The molecule has 0 aliphatic rings. The molecule has 158 valence electrons. The number of rotatable bonds is 5. The normalized spacial score (nSPS) is 11.1. The van der Waals surface area contributed by atoms with Crippen LogP contribution in [0.5, 0.6) is 0 Å². The van der Waals surface area contributed by atoms with Crippen LogP contribution >= 0.6 is 23.4 Å². The highest BCUT2D eigenvalue weighted by Gasteiger charge is 2.16. The second kappa shape index (κ2) is 8.56. The first kappa shape index (κ1) is 21.1. The third-order valence-electron chi connectivity index (χ3n) is 4.84. The van der Waals surface area contributed by atoms with Gasteiger partial charge in [-0.15, -0.1) is 5.10 Å². The van der Waals surface area contributed by atoms with Gasteiger partial charge in [0, 0.05) is 28.0 Å². The lowest BCUT2D eigenvalue weighted by Crippen LogP contribution is -2.28. The first-order valence-corrected chi connectivity index (χ1v) is 10.8. The molecule has 2 aromatic heterocycles. The molecule has 4 rings (SSSR count). The van der Waals surface area contributed by atoms with E-state index in [2.05, 4.69) is 21.5 Å². The third-order valence-corrected chi connectivity index (χ3v) is 6.41. The molecule has 31 heavy (non-hydrogen) atoms. The van der Waals surface area contributed by atoms with Crippen LogP contribution < -0.4 is 11.0 Å². The largest absolute Gasteiger partial charge is 0.350 e. The van der Waals surface area contributed by atoms with Crippen molar-refractivity contribution in [2.75, 3.05) is 5.32 Å². The number of aromatic nitrogens is 4. The van der Waals surface area contributed by atoms with Crippen LogP contribution in [0.1, 0.15) is 16.7 Å². The first-order valence-electron chi connectivity index (χ1n) is 9.58. The summed E-state index contributed by atoms with van der Waals surface area (Å²) >= 11 is 7.55. The summed E-state index contributed by atoms with van der Waals surface area (Å²) in [5.41, 5.74) is 3.65. The molecule has 1 amide bonds. The summed E-state index contributed by atoms with van der Waals surface area (Å²) < 4.78 is 2.54. The number of fused-ring (bicyclic) bond motifs is 1. The minimum absolute atomic E-state index is 0.222. The number of carbonyl (C=O) groups excluding carboxylic acids is 1. The number of amides is 1. The molecule has 0 unspecified atom stereocenters. The molecule has 2 aromatic carbocycles. The van der Waals surface area contributed by atoms with Gasteiger partial charge in [-0.2, -0.15) is 0 Å². The Balaban J connectivity index is 1.62. The number of hydrogen-bond acceptors (Lipinski definition) is 5. The smallest absolute Gasteiger partial charge is 0.324 e. The molecule has 2 heterocycles. The van der Waals surface area contributed by atoms with Gasteiger partial charge >= 0.3 is 5.69 Å². The maximum Gasteiger partial charge on any atom is 0.350 e. The predicted molar refractivity (Wildman–Crippen MR) is 122 cm³/mol. The van der Waals surface area contributed by atoms with Gasteiger partial charge < -0.3 is 5.32 Å². The number of nitrogens with zero attached hydrogens (tertiary/aromatic N) is 4. The van der Waals surface area contributed by atoms with E-state index in [1.807, 2.05) is 32.9 Å². The lowest BCUT2D eigenvalue weighted by molar-refractivity contribution is -0.117. The maximum absolute atomic E-state index is 12.8. The number of hydrogen-bond donors (Lipinski definition) is 1. The van der Waals surface area contributed by atoms with E-state index >= 15 is 0 Å². The SMILES string of the molecule is Cc1ccc(Sc2nccn3c(=O)n(CC(=O)Nc4cccc(Cl)c4C)nc23)c(C)c1. The van der Waals surface area contributed by atoms with Crippen LogP contribution in [0.25, 0.3) is 5.65 Å². The Morgan fingerprint density at radius 3 is 2.77 bits per heavy atom. The van der Waals surface area contributed by atoms with Gasteiger partial charge in [-0.1, -0.05) is 47.1 Å². The van der Waals surface area contributed by atoms with E-state index in [9.17, 15) is 9.59 Å². The van der Waals surface area contributed by atoms with Crippen LogP contribution in [-0.2, 0) is 11.3 Å². The van der Waals surface area contributed by atoms with E-state index in [1.54, 1.807) is 30.6 Å². The molecule has 0 aliphatic heterocycles. The zero-order valence-electron chi connectivity index (χ0n) is 17.2. The maximum atomic E-state index is 12.8. The van der Waals surface area contributed by atoms with E-state index < -0.39 is 5.69 Å². The lowest BCUT2D eigenvalue weighted by Gasteiger charge is -2.09. The second-order valence-electron chi connectivity index (χ2n) is 7.20. The second-order valence-corrected chi connectivity index (χ2v) is 8.64. The average Bonchev–Trinajstić information content (AvgIpc) is 3.04. The Morgan fingerprint density at radius 2 is 2.00 bits per heavy atom. The highest BCUT2D eigenvalue weighted by molar-refractivity contribution is 7.99. The van der Waals surface area contributed by atoms with Crippen molar-refractivity contribution in [1.29, 1.82) is 0 Å². The van der Waals surface area contributed by atoms with E-state index in [0.29, 0.717) is 21.4 Å². The van der Waals surface area contributed by atoms with Gasteiger partial charge in [0.1, 0.15) is 11.6 Å². The summed E-state index contributed by atoms with van der Waals surface area (Å²) in [5, 5.41) is 8.31. The van der Waals surface area contributed by atoms with Crippen molar-refractivity contribution in [2.45, 2.75) is 37.2 Å². The number of benzene rings is 2. The topological polar surface area (TPSA) is 81.3 Å². The van der Waals surface area contributed by atoms with Crippen LogP contribution in [-0.4, -0.2) is 25.1 Å². The minimum Gasteiger partial charge on any atom is -0.324 e. The van der Waals surface area contributed by atoms with Crippen molar-refractivity contribution >= 4 is 40.6 Å². The van der Waals surface area contributed by atoms with E-state index in [0.717, 1.165) is 20.7 Å². The van der Waals surface area contributed by atoms with Gasteiger partial charge in [-0.25, -0.2) is 18.9 Å². The van der Waals surface area contributed by atoms with Crippen molar-refractivity contribution in [3.8, 4) is 0 Å². The Bertz CT molecular complexity index is 1360. The highest BCUT2D eigenvalue weighted by atomic mass is 35.5. The molecule has 0 atom stereocenters. The third kappa shape index (κ3) is 4.35. The summed E-state index contributed by atoms with van der Waals surface area (Å²) in [6.45, 7) is 5.66. The molecular formula is C22H20ClN5O2S. The molecule has 7 nitrogen and oxygen atoms in total. The van der Waals surface area contributed by atoms with E-state index in [1.165, 1.54) is 21.7 Å². The lowest BCUT2D eigenvalue weighted by atomic mass is 10.2. The van der Waals surface area contributed by atoms with E-state index in [4.69, 9.17) is 11.6 Å². The highest BCUT2D eigenvalue weighted by Crippen LogP contribution is 2.31. The van der Waals surface area contributed by atoms with Gasteiger partial charge in [-0.3, -0.25) is 4.79 Å². The fourth-order valence-corrected chi connectivity index (χ4v) is 4.27. The van der Waals surface area contributed by atoms with Crippen molar-refractivity contribution in [2.24, 2.45) is 0 Å². The standard InChI is InChI=1S/C22H20ClN5O2S/c1-13-7-8-18(14(2)11-13)31-21-20-26-28(22(30)27(20)10-9-24-21)12-19(29)25-17-6-4-5-16(23)15(17)3/h4-11H,12H2,1-3H3,(H,25,29). The summed E-state index contributed by atoms with van der Waals surface area (Å²) in [4.78, 5) is 30.8. The fraction of sp³-hybridized carbons (Fsp3) is 0.182. The average molecular weight is 454 g/mol. The number of nitrogens with one attached hydrogen (secondary N) is 1. The van der Waals surface area contributed by atoms with Crippen molar-refractivity contribution in [3.63, 3.8) is 0 Å². The molecule has 4 aromatic rings. The number of halogens is 1. The molecule has 0 bridgehead atoms. The molecule has 9 heteroatoms. The van der Waals surface area contributed by atoms with Gasteiger partial charge in [-0.05, 0) is 50.1 Å². The van der Waals surface area contributed by atoms with Crippen LogP contribution in [0.3, 0.4) is 0 Å². The molecule has 0 spiro atoms. The van der Waals surface area contributed by atoms with Crippen molar-refractivity contribution in [3.05, 3.63) is 81.0 Å². The Morgan fingerprint density at radius 1 is 1.19 bits per heavy atom. The van der Waals surface area contributed by atoms with Gasteiger partial charge in [0.25, 0.3) is 0 Å². The van der Waals surface area contributed by atoms with E-state index in [-0.39, 0.29) is 12.5 Å². The summed E-state index contributed by atoms with van der Waals surface area (Å²) in [6.07, 6.45) is 3.11. The van der Waals surface area contributed by atoms with Crippen LogP contribution in [0.2, 0.25) is 5.02 Å². The van der Waals surface area contributed by atoms with Gasteiger partial charge in [0.05, 0.1) is 0 Å². The number of carbonyl (C=O) groups is 1. The quantitative estimate of drug-likeness (QED) is 0.488. The van der Waals surface area contributed by atoms with Crippen molar-refractivity contribution < 1.29 is 4.79 Å². The first-order chi connectivity index (χ1) is 14.8. The number of anilines is 1. The van der Waals surface area contributed by atoms with Crippen LogP contribution in [0.4, 0.5) is 5.69 Å². The number of aryl methyl sites for hydroxylation is 2.